The third kappa shape index (κ3) is 6.48. The van der Waals surface area contributed by atoms with Crippen LogP contribution in [0, 0.1) is 0 Å². The number of hydrogen-bond donors (Lipinski definition) is 0. The van der Waals surface area contributed by atoms with Gasteiger partial charge in [-0.1, -0.05) is 35.5 Å². The number of hydrogen-bond acceptors (Lipinski definition) is 10. The summed E-state index contributed by atoms with van der Waals surface area (Å²) in [6, 6.07) is 6.20. The van der Waals surface area contributed by atoms with E-state index in [-0.39, 0.29) is 49.8 Å². The van der Waals surface area contributed by atoms with Crippen molar-refractivity contribution in [2.75, 3.05) is 19.8 Å². The lowest BCUT2D eigenvalue weighted by molar-refractivity contribution is -0.144. The lowest BCUT2D eigenvalue weighted by Gasteiger charge is -2.28. The highest BCUT2D eigenvalue weighted by Crippen LogP contribution is 2.41. The van der Waals surface area contributed by atoms with Gasteiger partial charge in [-0.3, -0.25) is 9.69 Å². The summed E-state index contributed by atoms with van der Waals surface area (Å²) in [6.07, 6.45) is 0.694. The minimum absolute atomic E-state index is 0.0876. The van der Waals surface area contributed by atoms with Crippen LogP contribution in [0.1, 0.15) is 45.7 Å². The molecule has 1 aromatic carbocycles. The molecule has 2 aromatic heterocycles. The summed E-state index contributed by atoms with van der Waals surface area (Å²) in [6.45, 7) is 11.2. The van der Waals surface area contributed by atoms with Crippen molar-refractivity contribution in [1.29, 1.82) is 0 Å². The second-order valence-electron chi connectivity index (χ2n) is 8.96. The van der Waals surface area contributed by atoms with Gasteiger partial charge in [-0.15, -0.1) is 0 Å². The molecule has 0 fully saturated rings. The Morgan fingerprint density at radius 3 is 2.79 bits per heavy atom. The molecule has 0 bridgehead atoms. The number of halogens is 1. The number of pyridine rings is 1. The molecule has 1 unspecified atom stereocenters. The number of carbonyl (C=O) groups excluding carboxylic acids is 2. The van der Waals surface area contributed by atoms with E-state index in [0.717, 1.165) is 0 Å². The zero-order valence-electron chi connectivity index (χ0n) is 22.1. The van der Waals surface area contributed by atoms with Crippen LogP contribution >= 0.6 is 11.6 Å². The van der Waals surface area contributed by atoms with Gasteiger partial charge in [0.1, 0.15) is 17.4 Å². The van der Waals surface area contributed by atoms with Crippen LogP contribution in [-0.4, -0.2) is 57.9 Å². The Morgan fingerprint density at radius 2 is 2.10 bits per heavy atom. The van der Waals surface area contributed by atoms with Crippen LogP contribution in [0.3, 0.4) is 0 Å². The molecule has 1 aliphatic heterocycles. The summed E-state index contributed by atoms with van der Waals surface area (Å²) in [5, 5.41) is 4.44. The third-order valence-electron chi connectivity index (χ3n) is 5.59. The molecule has 0 saturated carbocycles. The highest BCUT2D eigenvalue weighted by molar-refractivity contribution is 6.32. The van der Waals surface area contributed by atoms with Crippen LogP contribution in [0.15, 0.2) is 47.3 Å². The molecule has 1 aliphatic rings. The molecule has 4 rings (SSSR count). The van der Waals surface area contributed by atoms with Gasteiger partial charge in [-0.2, -0.15) is 4.98 Å². The Balaban J connectivity index is 1.71. The standard InChI is InChI=1S/C27H29ClN4O7/c1-6-35-22(33)13-21-18-8-7-9-19(23(18)36-11-10-32(21)27(34)38-16(4)5)24-30-25(39-31-24)17-12-20(28)26(29-14-17)37-15(2)3/h7-9,12,14-15,21H,4,6,10-11,13H2,1-3,5H3. The van der Waals surface area contributed by atoms with Crippen molar-refractivity contribution in [2.24, 2.45) is 0 Å². The maximum absolute atomic E-state index is 12.9. The van der Waals surface area contributed by atoms with E-state index in [1.807, 2.05) is 13.8 Å². The number of para-hydroxylation sites is 1. The molecule has 11 nitrogen and oxygen atoms in total. The number of rotatable bonds is 8. The predicted molar refractivity (Wildman–Crippen MR) is 141 cm³/mol. The van der Waals surface area contributed by atoms with Gasteiger partial charge >= 0.3 is 12.1 Å². The van der Waals surface area contributed by atoms with E-state index in [9.17, 15) is 9.59 Å². The first kappa shape index (κ1) is 27.9. The molecule has 39 heavy (non-hydrogen) atoms. The fraction of sp³-hybridized carbons (Fsp3) is 0.370. The van der Waals surface area contributed by atoms with E-state index in [0.29, 0.717) is 33.3 Å². The van der Waals surface area contributed by atoms with Gasteiger partial charge in [0.2, 0.25) is 11.7 Å². The van der Waals surface area contributed by atoms with Crippen LogP contribution in [0.5, 0.6) is 11.6 Å². The van der Waals surface area contributed by atoms with Crippen molar-refractivity contribution in [1.82, 2.24) is 20.0 Å². The van der Waals surface area contributed by atoms with Gasteiger partial charge < -0.3 is 23.5 Å². The van der Waals surface area contributed by atoms with E-state index < -0.39 is 18.1 Å². The average molecular weight is 557 g/mol. The Bertz CT molecular complexity index is 1370. The Labute approximate surface area is 230 Å². The zero-order valence-corrected chi connectivity index (χ0v) is 22.9. The van der Waals surface area contributed by atoms with Gasteiger partial charge in [0.15, 0.2) is 0 Å². The van der Waals surface area contributed by atoms with Gasteiger partial charge in [-0.05, 0) is 39.8 Å². The summed E-state index contributed by atoms with van der Waals surface area (Å²) in [5.74, 6) is 0.919. The molecule has 206 valence electrons. The first-order valence-corrected chi connectivity index (χ1v) is 12.8. The number of allylic oxidation sites excluding steroid dienone is 1. The zero-order chi connectivity index (χ0) is 28.1. The number of ether oxygens (including phenoxy) is 4. The molecule has 3 heterocycles. The number of fused-ring (bicyclic) bond motifs is 1. The smallest absolute Gasteiger partial charge is 0.415 e. The second-order valence-corrected chi connectivity index (χ2v) is 9.37. The van der Waals surface area contributed by atoms with Crippen LogP contribution < -0.4 is 9.47 Å². The van der Waals surface area contributed by atoms with Crippen LogP contribution in [0.2, 0.25) is 5.02 Å². The monoisotopic (exact) mass is 556 g/mol. The molecule has 0 N–H and O–H groups in total. The molecular weight excluding hydrogens is 528 g/mol. The normalized spacial score (nSPS) is 14.7. The third-order valence-corrected chi connectivity index (χ3v) is 5.86. The second kappa shape index (κ2) is 12.2. The number of nitrogens with zero attached hydrogens (tertiary/aromatic N) is 4. The minimum Gasteiger partial charge on any atom is -0.491 e. The van der Waals surface area contributed by atoms with E-state index in [4.69, 9.17) is 35.1 Å². The summed E-state index contributed by atoms with van der Waals surface area (Å²) >= 11 is 6.33. The first-order valence-electron chi connectivity index (χ1n) is 12.4. The maximum atomic E-state index is 12.9. The summed E-state index contributed by atoms with van der Waals surface area (Å²) in [5.41, 5.74) is 1.60. The largest absolute Gasteiger partial charge is 0.491 e. The van der Waals surface area contributed by atoms with Crippen molar-refractivity contribution in [2.45, 2.75) is 46.3 Å². The highest BCUT2D eigenvalue weighted by Gasteiger charge is 2.35. The van der Waals surface area contributed by atoms with Crippen molar-refractivity contribution < 1.29 is 33.1 Å². The maximum Gasteiger partial charge on any atom is 0.415 e. The average Bonchev–Trinajstić information content (AvgIpc) is 3.29. The van der Waals surface area contributed by atoms with E-state index >= 15 is 0 Å². The Morgan fingerprint density at radius 1 is 1.31 bits per heavy atom. The number of benzene rings is 1. The molecule has 1 amide bonds. The SMILES string of the molecule is C=C(C)OC(=O)N1CCOc2c(-c3noc(-c4cnc(OC(C)C)c(Cl)c4)n3)cccc2C1CC(=O)OCC. The quantitative estimate of drug-likeness (QED) is 0.255. The van der Waals surface area contributed by atoms with Crippen molar-refractivity contribution in [3.8, 4) is 34.5 Å². The van der Waals surface area contributed by atoms with Gasteiger partial charge in [0.05, 0.1) is 48.6 Å². The number of aromatic nitrogens is 3. The fourth-order valence-electron chi connectivity index (χ4n) is 4.05. The number of amides is 1. The Kier molecular flexibility index (Phi) is 8.70. The summed E-state index contributed by atoms with van der Waals surface area (Å²) in [7, 11) is 0. The van der Waals surface area contributed by atoms with Gasteiger partial charge in [0.25, 0.3) is 5.89 Å². The molecule has 1 atom stereocenters. The van der Waals surface area contributed by atoms with E-state index in [1.54, 1.807) is 38.1 Å². The lowest BCUT2D eigenvalue weighted by Crippen LogP contribution is -2.37. The summed E-state index contributed by atoms with van der Waals surface area (Å²) < 4.78 is 27.6. The van der Waals surface area contributed by atoms with Crippen molar-refractivity contribution in [3.63, 3.8) is 0 Å². The number of carbonyl (C=O) groups is 2. The molecule has 0 spiro atoms. The first-order chi connectivity index (χ1) is 18.7. The molecule has 0 aliphatic carbocycles. The van der Waals surface area contributed by atoms with Crippen molar-refractivity contribution in [3.05, 3.63) is 53.4 Å². The fourth-order valence-corrected chi connectivity index (χ4v) is 4.26. The van der Waals surface area contributed by atoms with Crippen molar-refractivity contribution >= 4 is 23.7 Å². The predicted octanol–water partition coefficient (Wildman–Crippen LogP) is 5.60. The van der Waals surface area contributed by atoms with E-state index in [2.05, 4.69) is 21.7 Å². The van der Waals surface area contributed by atoms with Gasteiger partial charge in [-0.25, -0.2) is 9.78 Å². The van der Waals surface area contributed by atoms with Crippen LogP contribution in [0.25, 0.3) is 22.8 Å². The van der Waals surface area contributed by atoms with Gasteiger partial charge in [0, 0.05) is 11.8 Å². The van der Waals surface area contributed by atoms with E-state index in [1.165, 1.54) is 11.1 Å². The van der Waals surface area contributed by atoms with Crippen LogP contribution in [-0.2, 0) is 14.3 Å². The minimum atomic E-state index is -0.726. The molecular formula is C27H29ClN4O7. The molecule has 0 radical (unpaired) electrons. The highest BCUT2D eigenvalue weighted by atomic mass is 35.5. The molecule has 12 heteroatoms. The molecule has 3 aromatic rings. The topological polar surface area (TPSA) is 126 Å². The summed E-state index contributed by atoms with van der Waals surface area (Å²) in [4.78, 5) is 35.6. The lowest BCUT2D eigenvalue weighted by atomic mass is 9.98. The van der Waals surface area contributed by atoms with Crippen LogP contribution in [0.4, 0.5) is 4.79 Å². The Hall–Kier alpha value is -4.12. The number of esters is 1. The molecule has 0 saturated heterocycles.